The fourth-order valence-corrected chi connectivity index (χ4v) is 4.89. The predicted molar refractivity (Wildman–Crippen MR) is 140 cm³/mol. The van der Waals surface area contributed by atoms with E-state index in [-0.39, 0.29) is 12.5 Å². The van der Waals surface area contributed by atoms with Gasteiger partial charge in [-0.1, -0.05) is 6.92 Å². The number of fused-ring (bicyclic) bond motifs is 2. The fourth-order valence-electron chi connectivity index (χ4n) is 4.89. The molecule has 0 spiro atoms. The number of nitriles is 1. The number of nitrogens with one attached hydrogen (secondary N) is 2. The quantitative estimate of drug-likeness (QED) is 0.333. The van der Waals surface area contributed by atoms with E-state index >= 15 is 0 Å². The second kappa shape index (κ2) is 9.56. The average Bonchev–Trinajstić information content (AvgIpc) is 3.20. The van der Waals surface area contributed by atoms with E-state index in [9.17, 15) is 20.0 Å². The van der Waals surface area contributed by atoms with Gasteiger partial charge in [0.2, 0.25) is 11.9 Å². The van der Waals surface area contributed by atoms with Crippen LogP contribution in [-0.2, 0) is 21.4 Å². The van der Waals surface area contributed by atoms with Crippen molar-refractivity contribution in [2.75, 3.05) is 35.7 Å². The molecule has 5 rings (SSSR count). The molecule has 185 valence electrons. The Hall–Kier alpha value is -4.43. The number of ether oxygens (including phenoxy) is 1. The van der Waals surface area contributed by atoms with Gasteiger partial charge in [0.15, 0.2) is 0 Å². The Morgan fingerprint density at radius 2 is 2.19 bits per heavy atom. The van der Waals surface area contributed by atoms with E-state index in [1.807, 2.05) is 19.1 Å². The van der Waals surface area contributed by atoms with Gasteiger partial charge < -0.3 is 30.1 Å². The summed E-state index contributed by atoms with van der Waals surface area (Å²) in [5.74, 6) is 0.863. The van der Waals surface area contributed by atoms with Crippen LogP contribution in [0.2, 0.25) is 0 Å². The van der Waals surface area contributed by atoms with Gasteiger partial charge in [-0.2, -0.15) is 5.26 Å². The monoisotopic (exact) mass is 495 g/mol. The van der Waals surface area contributed by atoms with Gasteiger partial charge >= 0.3 is 7.41 Å². The van der Waals surface area contributed by atoms with Gasteiger partial charge in [0.1, 0.15) is 18.0 Å². The number of carbonyl (C=O) groups is 2. The van der Waals surface area contributed by atoms with Crippen molar-refractivity contribution in [3.05, 3.63) is 53.2 Å². The van der Waals surface area contributed by atoms with Gasteiger partial charge in [-0.3, -0.25) is 4.79 Å². The number of hydrogen-bond donors (Lipinski definition) is 3. The first kappa shape index (κ1) is 24.3. The van der Waals surface area contributed by atoms with Crippen molar-refractivity contribution in [3.8, 4) is 23.1 Å². The molecule has 0 bridgehead atoms. The number of anilines is 4. The van der Waals surface area contributed by atoms with E-state index in [0.29, 0.717) is 71.2 Å². The molecule has 10 nitrogen and oxygen atoms in total. The number of nitrogens with zero attached hydrogens (tertiary/aromatic N) is 4. The lowest BCUT2D eigenvalue weighted by Gasteiger charge is -2.23. The van der Waals surface area contributed by atoms with Crippen molar-refractivity contribution in [2.45, 2.75) is 25.2 Å². The number of aryl methyl sites for hydroxylation is 1. The van der Waals surface area contributed by atoms with Gasteiger partial charge in [0, 0.05) is 41.5 Å². The Balaban J connectivity index is 1.53. The molecule has 1 radical (unpaired) electrons. The highest BCUT2D eigenvalue weighted by atomic mass is 16.5. The SMILES string of the molecule is COc1cc2c(cc1Nc1nccc(-c3cc(C#N)c4c(c3)C(C)(CO)CN4[B]C=O)n1)NC(=O)CC2. The molecule has 2 aliphatic heterocycles. The summed E-state index contributed by atoms with van der Waals surface area (Å²) in [6.07, 6.45) is 3.34. The van der Waals surface area contributed by atoms with Gasteiger partial charge in [0.05, 0.1) is 30.7 Å². The number of rotatable bonds is 7. The topological polar surface area (TPSA) is 140 Å². The maximum absolute atomic E-state index is 11.9. The number of methoxy groups -OCH3 is 1. The molecule has 3 N–H and O–H groups in total. The molecule has 1 atom stereocenters. The molecule has 37 heavy (non-hydrogen) atoms. The van der Waals surface area contributed by atoms with Gasteiger partial charge in [-0.25, -0.2) is 9.97 Å². The smallest absolute Gasteiger partial charge is 0.329 e. The zero-order valence-corrected chi connectivity index (χ0v) is 20.4. The van der Waals surface area contributed by atoms with E-state index in [2.05, 4.69) is 26.7 Å². The van der Waals surface area contributed by atoms with Crippen molar-refractivity contribution in [1.29, 1.82) is 5.26 Å². The first-order valence-electron chi connectivity index (χ1n) is 11.7. The maximum Gasteiger partial charge on any atom is 0.329 e. The summed E-state index contributed by atoms with van der Waals surface area (Å²) in [6.45, 7) is 2.12. The second-order valence-corrected chi connectivity index (χ2v) is 9.31. The lowest BCUT2D eigenvalue weighted by molar-refractivity contribution is -0.116. The number of hydrogen-bond acceptors (Lipinski definition) is 9. The van der Waals surface area contributed by atoms with Crippen LogP contribution in [0.4, 0.5) is 23.0 Å². The molecule has 2 aromatic carbocycles. The minimum absolute atomic E-state index is 0.0362. The predicted octanol–water partition coefficient (Wildman–Crippen LogP) is 2.53. The number of benzene rings is 2. The summed E-state index contributed by atoms with van der Waals surface area (Å²) in [4.78, 5) is 33.7. The number of aliphatic hydroxyl groups excluding tert-OH is 1. The highest BCUT2D eigenvalue weighted by Gasteiger charge is 2.40. The minimum Gasteiger partial charge on any atom is -0.495 e. The van der Waals surface area contributed by atoms with Gasteiger partial charge in [-0.15, -0.1) is 0 Å². The third-order valence-electron chi connectivity index (χ3n) is 6.80. The Labute approximate surface area is 214 Å². The first-order valence-corrected chi connectivity index (χ1v) is 11.7. The summed E-state index contributed by atoms with van der Waals surface area (Å²) < 4.78 is 5.55. The highest BCUT2D eigenvalue weighted by Crippen LogP contribution is 2.44. The summed E-state index contributed by atoms with van der Waals surface area (Å²) in [7, 11) is 2.95. The molecule has 1 unspecified atom stereocenters. The van der Waals surface area contributed by atoms with E-state index in [4.69, 9.17) is 4.74 Å². The first-order chi connectivity index (χ1) is 17.9. The van der Waals surface area contributed by atoms with Crippen LogP contribution in [0.15, 0.2) is 36.5 Å². The third-order valence-corrected chi connectivity index (χ3v) is 6.80. The van der Waals surface area contributed by atoms with Crippen molar-refractivity contribution in [2.24, 2.45) is 0 Å². The van der Waals surface area contributed by atoms with Crippen molar-refractivity contribution < 1.29 is 19.4 Å². The van der Waals surface area contributed by atoms with Crippen LogP contribution >= 0.6 is 0 Å². The third kappa shape index (κ3) is 4.36. The second-order valence-electron chi connectivity index (χ2n) is 9.31. The summed E-state index contributed by atoms with van der Waals surface area (Å²) >= 11 is 0. The summed E-state index contributed by atoms with van der Waals surface area (Å²) in [6, 6.07) is 11.3. The van der Waals surface area contributed by atoms with E-state index < -0.39 is 5.41 Å². The van der Waals surface area contributed by atoms with Crippen LogP contribution in [0.3, 0.4) is 0 Å². The fraction of sp³-hybridized carbons (Fsp3) is 0.269. The van der Waals surface area contributed by atoms with Crippen LogP contribution in [0, 0.1) is 11.3 Å². The molecule has 3 aromatic rings. The van der Waals surface area contributed by atoms with Gasteiger partial charge in [-0.05, 0) is 47.9 Å². The molecule has 0 saturated heterocycles. The van der Waals surface area contributed by atoms with Gasteiger partial charge in [0.25, 0.3) is 0 Å². The Morgan fingerprint density at radius 3 is 2.92 bits per heavy atom. The molecular weight excluding hydrogens is 471 g/mol. The zero-order chi connectivity index (χ0) is 26.2. The standard InChI is InChI=1S/C26H24BN6O4/c1-26(13-34)12-33(27-14-35)24-17(11-28)7-16(8-18(24)26)19-5-6-29-25(31-19)32-21-10-20-15(9-22(21)37-2)3-4-23(36)30-20/h5-10,14,34H,3-4,12-13H2,1-2H3,(H,30,36)(H,29,31,32). The molecule has 0 saturated carbocycles. The molecule has 0 aliphatic carbocycles. The van der Waals surface area contributed by atoms with Crippen LogP contribution < -0.4 is 20.2 Å². The van der Waals surface area contributed by atoms with E-state index in [0.717, 1.165) is 11.1 Å². The summed E-state index contributed by atoms with van der Waals surface area (Å²) in [5.41, 5.74) is 4.65. The lowest BCUT2D eigenvalue weighted by atomic mass is 9.83. The molecule has 3 heterocycles. The van der Waals surface area contributed by atoms with E-state index in [1.165, 1.54) is 7.41 Å². The minimum atomic E-state index is -0.661. The number of aromatic nitrogens is 2. The van der Waals surface area contributed by atoms with Crippen molar-refractivity contribution >= 4 is 42.5 Å². The Morgan fingerprint density at radius 1 is 1.35 bits per heavy atom. The average molecular weight is 495 g/mol. The number of aliphatic hydroxyl groups is 1. The molecular formula is C26H24BN6O4. The normalized spacial score (nSPS) is 17.8. The molecule has 1 amide bonds. The zero-order valence-electron chi connectivity index (χ0n) is 20.4. The van der Waals surface area contributed by atoms with Crippen LogP contribution in [0.1, 0.15) is 30.0 Å². The highest BCUT2D eigenvalue weighted by molar-refractivity contribution is 6.70. The molecule has 0 fully saturated rings. The van der Waals surface area contributed by atoms with Crippen LogP contribution in [0.5, 0.6) is 5.75 Å². The lowest BCUT2D eigenvalue weighted by Crippen LogP contribution is -2.36. The van der Waals surface area contributed by atoms with Crippen LogP contribution in [0.25, 0.3) is 11.3 Å². The van der Waals surface area contributed by atoms with Crippen LogP contribution in [-0.4, -0.2) is 54.8 Å². The number of amides is 1. The maximum atomic E-state index is 11.9. The molecule has 1 aromatic heterocycles. The Bertz CT molecular complexity index is 1460. The largest absolute Gasteiger partial charge is 0.495 e. The Kier molecular flexibility index (Phi) is 6.27. The van der Waals surface area contributed by atoms with E-state index in [1.54, 1.807) is 36.3 Å². The van der Waals surface area contributed by atoms with Crippen molar-refractivity contribution in [3.63, 3.8) is 0 Å². The molecule has 11 heteroatoms. The summed E-state index contributed by atoms with van der Waals surface area (Å²) in [5, 5.41) is 26.1. The van der Waals surface area contributed by atoms with Crippen molar-refractivity contribution in [1.82, 2.24) is 9.97 Å². The molecule has 2 aliphatic rings. The number of carbonyl (C=O) groups excluding carboxylic acids is 2.